The van der Waals surface area contributed by atoms with Crippen LogP contribution in [0.15, 0.2) is 34.7 Å². The molecule has 7 heteroatoms. The van der Waals surface area contributed by atoms with E-state index >= 15 is 0 Å². The Morgan fingerprint density at radius 2 is 1.95 bits per heavy atom. The highest BCUT2D eigenvalue weighted by Gasteiger charge is 2.19. The van der Waals surface area contributed by atoms with Gasteiger partial charge in [0.25, 0.3) is 0 Å². The molecule has 0 spiro atoms. The molecule has 3 N–H and O–H groups in total. The minimum absolute atomic E-state index is 0.148. The fraction of sp³-hybridized carbons (Fsp3) is 0.333. The first kappa shape index (κ1) is 13.7. The van der Waals surface area contributed by atoms with Crippen LogP contribution in [0.3, 0.4) is 0 Å². The molecule has 0 amide bonds. The molecule has 6 nitrogen and oxygen atoms in total. The third-order valence-electron chi connectivity index (χ3n) is 2.27. The third kappa shape index (κ3) is 3.62. The van der Waals surface area contributed by atoms with Gasteiger partial charge in [0.1, 0.15) is 21.7 Å². The molecule has 0 aliphatic heterocycles. The van der Waals surface area contributed by atoms with Crippen LogP contribution in [0.2, 0.25) is 0 Å². The minimum Gasteiger partial charge on any atom is -0.308 e. The van der Waals surface area contributed by atoms with Crippen LogP contribution < -0.4 is 11.3 Å². The van der Waals surface area contributed by atoms with Gasteiger partial charge in [-0.25, -0.2) is 20.8 Å². The molecule has 0 aliphatic carbocycles. The number of nitrogens with zero attached hydrogens (tertiary/aromatic N) is 4. The molecular weight excluding hydrogens is 260 g/mol. The molecule has 0 aromatic carbocycles. The largest absolute Gasteiger partial charge is 0.308 e. The monoisotopic (exact) mass is 276 g/mol. The van der Waals surface area contributed by atoms with Crippen LogP contribution in [0.5, 0.6) is 0 Å². The van der Waals surface area contributed by atoms with Crippen LogP contribution in [-0.2, 0) is 5.41 Å². The topological polar surface area (TPSA) is 89.6 Å². The summed E-state index contributed by atoms with van der Waals surface area (Å²) in [6, 6.07) is 1.79. The Morgan fingerprint density at radius 1 is 1.16 bits per heavy atom. The molecule has 0 atom stereocenters. The molecule has 2 rings (SSSR count). The number of nitrogens with one attached hydrogen (secondary N) is 1. The Hall–Kier alpha value is -1.73. The summed E-state index contributed by atoms with van der Waals surface area (Å²) >= 11 is 1.43. The van der Waals surface area contributed by atoms with Gasteiger partial charge in [-0.1, -0.05) is 20.8 Å². The zero-order chi connectivity index (χ0) is 13.9. The maximum atomic E-state index is 5.45. The minimum atomic E-state index is -0.148. The molecule has 0 bridgehead atoms. The van der Waals surface area contributed by atoms with Gasteiger partial charge in [0.05, 0.1) is 6.20 Å². The Balaban J connectivity index is 2.35. The fourth-order valence-corrected chi connectivity index (χ4v) is 2.08. The highest BCUT2D eigenvalue weighted by molar-refractivity contribution is 7.99. The summed E-state index contributed by atoms with van der Waals surface area (Å²) in [5.41, 5.74) is 2.42. The number of nitrogen functional groups attached to an aromatic ring is 1. The standard InChI is InChI=1S/C12H16N6S/c1-12(2,3)11-16-8(18-13)6-9(17-11)19-10-7-14-4-5-15-10/h4-7H,13H2,1-3H3,(H,16,17,18). The second-order valence-electron chi connectivity index (χ2n) is 4.96. The van der Waals surface area contributed by atoms with Crippen molar-refractivity contribution < 1.29 is 0 Å². The third-order valence-corrected chi connectivity index (χ3v) is 3.11. The van der Waals surface area contributed by atoms with Crippen LogP contribution >= 0.6 is 11.8 Å². The lowest BCUT2D eigenvalue weighted by Crippen LogP contribution is -2.19. The highest BCUT2D eigenvalue weighted by atomic mass is 32.2. The molecule has 0 fully saturated rings. The van der Waals surface area contributed by atoms with E-state index in [0.717, 1.165) is 15.9 Å². The lowest BCUT2D eigenvalue weighted by atomic mass is 9.96. The maximum Gasteiger partial charge on any atom is 0.144 e. The Bertz CT molecular complexity index is 552. The normalized spacial score (nSPS) is 11.4. The zero-order valence-electron chi connectivity index (χ0n) is 11.1. The van der Waals surface area contributed by atoms with Crippen molar-refractivity contribution in [1.82, 2.24) is 19.9 Å². The molecule has 0 aliphatic rings. The van der Waals surface area contributed by atoms with E-state index in [1.165, 1.54) is 11.8 Å². The van der Waals surface area contributed by atoms with Gasteiger partial charge >= 0.3 is 0 Å². The summed E-state index contributed by atoms with van der Waals surface area (Å²) in [5, 5.41) is 1.57. The summed E-state index contributed by atoms with van der Waals surface area (Å²) < 4.78 is 0. The molecule has 0 unspecified atom stereocenters. The second kappa shape index (κ2) is 5.50. The summed E-state index contributed by atoms with van der Waals surface area (Å²) in [5.74, 6) is 6.77. The van der Waals surface area contributed by atoms with Gasteiger partial charge in [-0.2, -0.15) is 0 Å². The van der Waals surface area contributed by atoms with Crippen molar-refractivity contribution in [3.63, 3.8) is 0 Å². The second-order valence-corrected chi connectivity index (χ2v) is 6.00. The quantitative estimate of drug-likeness (QED) is 0.503. The lowest BCUT2D eigenvalue weighted by Gasteiger charge is -2.18. The van der Waals surface area contributed by atoms with Gasteiger partial charge < -0.3 is 5.43 Å². The molecule has 100 valence electrons. The van der Waals surface area contributed by atoms with E-state index in [2.05, 4.69) is 46.1 Å². The van der Waals surface area contributed by atoms with Gasteiger partial charge in [-0.3, -0.25) is 4.98 Å². The van der Waals surface area contributed by atoms with E-state index in [1.807, 2.05) is 0 Å². The number of aromatic nitrogens is 4. The van der Waals surface area contributed by atoms with Crippen molar-refractivity contribution in [1.29, 1.82) is 0 Å². The van der Waals surface area contributed by atoms with Crippen molar-refractivity contribution in [2.45, 2.75) is 36.2 Å². The first-order valence-corrected chi connectivity index (χ1v) is 6.61. The molecule has 0 saturated heterocycles. The molecular formula is C12H16N6S. The Morgan fingerprint density at radius 3 is 2.53 bits per heavy atom. The summed E-state index contributed by atoms with van der Waals surface area (Å²) in [4.78, 5) is 17.1. The number of anilines is 1. The van der Waals surface area contributed by atoms with Crippen molar-refractivity contribution in [2.75, 3.05) is 5.43 Å². The predicted octanol–water partition coefficient (Wildman–Crippen LogP) is 2.00. The van der Waals surface area contributed by atoms with Crippen molar-refractivity contribution in [2.24, 2.45) is 5.84 Å². The molecule has 2 heterocycles. The van der Waals surface area contributed by atoms with Gasteiger partial charge in [0.2, 0.25) is 0 Å². The molecule has 0 radical (unpaired) electrons. The average molecular weight is 276 g/mol. The van der Waals surface area contributed by atoms with Crippen LogP contribution in [0.4, 0.5) is 5.82 Å². The molecule has 2 aromatic rings. The van der Waals surface area contributed by atoms with Crippen molar-refractivity contribution >= 4 is 17.6 Å². The Labute approximate surface area is 116 Å². The summed E-state index contributed by atoms with van der Waals surface area (Å²) in [6.45, 7) is 6.16. The maximum absolute atomic E-state index is 5.45. The van der Waals surface area contributed by atoms with Gasteiger partial charge in [0, 0.05) is 23.9 Å². The fourth-order valence-electron chi connectivity index (χ4n) is 1.33. The zero-order valence-corrected chi connectivity index (χ0v) is 11.9. The summed E-state index contributed by atoms with van der Waals surface area (Å²) in [7, 11) is 0. The Kier molecular flexibility index (Phi) is 3.96. The van der Waals surface area contributed by atoms with E-state index in [1.54, 1.807) is 24.7 Å². The van der Waals surface area contributed by atoms with Gasteiger partial charge in [-0.15, -0.1) is 0 Å². The number of hydrogen-bond acceptors (Lipinski definition) is 7. The smallest absolute Gasteiger partial charge is 0.144 e. The number of hydrazine groups is 1. The van der Waals surface area contributed by atoms with Crippen LogP contribution in [0, 0.1) is 0 Å². The number of hydrogen-bond donors (Lipinski definition) is 2. The van der Waals surface area contributed by atoms with Gasteiger partial charge in [0.15, 0.2) is 0 Å². The van der Waals surface area contributed by atoms with Gasteiger partial charge in [-0.05, 0) is 11.8 Å². The van der Waals surface area contributed by atoms with E-state index in [9.17, 15) is 0 Å². The van der Waals surface area contributed by atoms with Crippen LogP contribution in [0.1, 0.15) is 26.6 Å². The van der Waals surface area contributed by atoms with Crippen LogP contribution in [0.25, 0.3) is 0 Å². The highest BCUT2D eigenvalue weighted by Crippen LogP contribution is 2.28. The SMILES string of the molecule is CC(C)(C)c1nc(NN)cc(Sc2cnccn2)n1. The van der Waals surface area contributed by atoms with E-state index in [-0.39, 0.29) is 5.41 Å². The first-order valence-electron chi connectivity index (χ1n) is 5.79. The van der Waals surface area contributed by atoms with Crippen molar-refractivity contribution in [3.05, 3.63) is 30.5 Å². The first-order chi connectivity index (χ1) is 8.99. The van der Waals surface area contributed by atoms with Crippen LogP contribution in [-0.4, -0.2) is 19.9 Å². The van der Waals surface area contributed by atoms with E-state index in [0.29, 0.717) is 5.82 Å². The van der Waals surface area contributed by atoms with Crippen molar-refractivity contribution in [3.8, 4) is 0 Å². The number of rotatable bonds is 3. The lowest BCUT2D eigenvalue weighted by molar-refractivity contribution is 0.539. The molecule has 19 heavy (non-hydrogen) atoms. The van der Waals surface area contributed by atoms with E-state index in [4.69, 9.17) is 5.84 Å². The van der Waals surface area contributed by atoms with E-state index < -0.39 is 0 Å². The predicted molar refractivity (Wildman–Crippen MR) is 74.7 cm³/mol. The molecule has 0 saturated carbocycles. The molecule has 2 aromatic heterocycles. The average Bonchev–Trinajstić information content (AvgIpc) is 2.38. The summed E-state index contributed by atoms with van der Waals surface area (Å²) in [6.07, 6.45) is 4.98. The number of nitrogens with two attached hydrogens (primary N) is 1.